The third kappa shape index (κ3) is 5.42. The number of aliphatic hydroxyl groups is 1. The Hall–Kier alpha value is -1.10. The van der Waals surface area contributed by atoms with Crippen molar-refractivity contribution in [2.24, 2.45) is 50.7 Å². The lowest BCUT2D eigenvalue weighted by molar-refractivity contribution is -0.247. The maximum Gasteiger partial charge on any atom is 0.303 e. The highest BCUT2D eigenvalue weighted by molar-refractivity contribution is 5.93. The molecule has 8 fully saturated rings. The molecule has 3 aliphatic heterocycles. The van der Waals surface area contributed by atoms with Crippen molar-refractivity contribution >= 4 is 11.8 Å². The van der Waals surface area contributed by atoms with Crippen molar-refractivity contribution in [3.8, 4) is 0 Å². The summed E-state index contributed by atoms with van der Waals surface area (Å²) in [6, 6.07) is 0. The molecule has 13 atom stereocenters. The van der Waals surface area contributed by atoms with E-state index in [1.807, 2.05) is 0 Å². The van der Waals surface area contributed by atoms with Crippen LogP contribution in [-0.4, -0.2) is 109 Å². The number of hydrogen-bond donors (Lipinski definition) is 1. The smallest absolute Gasteiger partial charge is 0.303 e. The highest BCUT2D eigenvalue weighted by Gasteiger charge is 2.85. The van der Waals surface area contributed by atoms with E-state index in [1.165, 1.54) is 52.1 Å². The first-order valence-electron chi connectivity index (χ1n) is 20.8. The number of rotatable bonds is 8. The minimum atomic E-state index is -1.28. The topological polar surface area (TPSA) is 97.8 Å². The van der Waals surface area contributed by atoms with E-state index >= 15 is 4.79 Å². The molecule has 9 nitrogen and oxygen atoms in total. The average Bonchev–Trinajstić information content (AvgIpc) is 3.33. The number of morpholine rings is 1. The van der Waals surface area contributed by atoms with Crippen molar-refractivity contribution in [3.05, 3.63) is 0 Å². The second-order valence-electron chi connectivity index (χ2n) is 20.3. The van der Waals surface area contributed by atoms with Gasteiger partial charge in [0.15, 0.2) is 18.2 Å². The van der Waals surface area contributed by atoms with Gasteiger partial charge >= 0.3 is 5.97 Å². The van der Waals surface area contributed by atoms with Crippen molar-refractivity contribution in [2.75, 3.05) is 45.9 Å². The van der Waals surface area contributed by atoms with Crippen LogP contribution >= 0.6 is 0 Å². The van der Waals surface area contributed by atoms with Gasteiger partial charge in [-0.3, -0.25) is 14.5 Å². The number of nitrogens with zero attached hydrogens (tertiary/aromatic N) is 2. The fourth-order valence-corrected chi connectivity index (χ4v) is 14.7. The van der Waals surface area contributed by atoms with E-state index in [0.29, 0.717) is 18.3 Å². The third-order valence-electron chi connectivity index (χ3n) is 17.2. The Kier molecular flexibility index (Phi) is 9.00. The number of Topliss-reactive ketones (excluding diaryl/α,β-unsaturated/α-hetero) is 1. The van der Waals surface area contributed by atoms with Gasteiger partial charge in [0, 0.05) is 44.4 Å². The van der Waals surface area contributed by atoms with E-state index in [2.05, 4.69) is 44.4 Å². The summed E-state index contributed by atoms with van der Waals surface area (Å²) in [5, 5.41) is 11.0. The molecule has 0 aromatic rings. The first kappa shape index (κ1) is 36.9. The van der Waals surface area contributed by atoms with Crippen LogP contribution in [0.5, 0.6) is 0 Å². The van der Waals surface area contributed by atoms with Gasteiger partial charge in [-0.05, 0) is 131 Å². The van der Waals surface area contributed by atoms with Crippen LogP contribution < -0.4 is 0 Å². The molecule has 1 N–H and O–H groups in total. The van der Waals surface area contributed by atoms with Crippen molar-refractivity contribution in [1.29, 1.82) is 0 Å². The zero-order valence-corrected chi connectivity index (χ0v) is 33.0. The number of ether oxygens (including phenoxy) is 4. The second kappa shape index (κ2) is 12.5. The summed E-state index contributed by atoms with van der Waals surface area (Å²) in [6.45, 7) is 24.0. The third-order valence-corrected chi connectivity index (χ3v) is 17.2. The Balaban J connectivity index is 0.986. The Morgan fingerprint density at radius 3 is 2.37 bits per heavy atom. The summed E-state index contributed by atoms with van der Waals surface area (Å²) in [4.78, 5) is 32.3. The van der Waals surface area contributed by atoms with Gasteiger partial charge < -0.3 is 29.0 Å². The molecule has 288 valence electrons. The van der Waals surface area contributed by atoms with Gasteiger partial charge in [-0.15, -0.1) is 0 Å². The molecule has 8 rings (SSSR count). The average molecular weight is 713 g/mol. The van der Waals surface area contributed by atoms with Crippen LogP contribution in [0.2, 0.25) is 0 Å². The van der Waals surface area contributed by atoms with Crippen LogP contribution in [0.25, 0.3) is 0 Å². The Bertz CT molecular complexity index is 1370. The van der Waals surface area contributed by atoms with Gasteiger partial charge in [-0.25, -0.2) is 0 Å². The summed E-state index contributed by atoms with van der Waals surface area (Å²) in [7, 11) is 0. The van der Waals surface area contributed by atoms with E-state index in [4.69, 9.17) is 18.9 Å². The van der Waals surface area contributed by atoms with E-state index in [0.717, 1.165) is 58.5 Å². The van der Waals surface area contributed by atoms with Crippen LogP contribution in [-0.2, 0) is 28.5 Å². The maximum atomic E-state index is 15.1. The van der Waals surface area contributed by atoms with Crippen LogP contribution in [0.1, 0.15) is 120 Å². The molecule has 0 aromatic heterocycles. The highest BCUT2D eigenvalue weighted by atomic mass is 16.7. The number of likely N-dealkylation sites (tertiary alicyclic amines) is 1. The molecule has 3 heterocycles. The summed E-state index contributed by atoms with van der Waals surface area (Å²) >= 11 is 0. The number of esters is 1. The van der Waals surface area contributed by atoms with Crippen molar-refractivity contribution in [1.82, 2.24) is 9.80 Å². The minimum absolute atomic E-state index is 0.0386. The minimum Gasteiger partial charge on any atom is -0.457 e. The molecule has 5 aliphatic carbocycles. The van der Waals surface area contributed by atoms with Gasteiger partial charge in [0.2, 0.25) is 0 Å². The summed E-state index contributed by atoms with van der Waals surface area (Å²) < 4.78 is 25.7. The normalized spacial score (nSPS) is 48.5. The molecule has 0 bridgehead atoms. The van der Waals surface area contributed by atoms with Crippen LogP contribution in [0, 0.1) is 50.7 Å². The first-order chi connectivity index (χ1) is 24.0. The molecule has 51 heavy (non-hydrogen) atoms. The molecule has 9 heteroatoms. The maximum absolute atomic E-state index is 15.1. The predicted molar refractivity (Wildman–Crippen MR) is 194 cm³/mol. The lowest BCUT2D eigenvalue weighted by atomic mass is 9.41. The van der Waals surface area contributed by atoms with Crippen molar-refractivity contribution in [2.45, 2.75) is 156 Å². The molecule has 3 saturated heterocycles. The van der Waals surface area contributed by atoms with Gasteiger partial charge in [-0.2, -0.15) is 0 Å². The number of carbonyl (C=O) groups is 2. The van der Waals surface area contributed by atoms with Gasteiger partial charge in [0.05, 0.1) is 24.4 Å². The number of fused-ring (bicyclic) bond motifs is 4. The standard InChI is InChI=1S/C42H68N2O7/c1-26-23-28(36(38(5,6)47)49-27(2)45)50-34-33(26)39(7)15-16-42-25-41(42)14-13-31(37(3,4)29(41)11-12-30(42)40(39,8)35(34)46)51-32-24-44(21-22-48-32)20-19-43-17-9-10-18-43/h26,28-34,36,47H,9-25H2,1-8H3/t26-,28-,29+,30+,31+,32+,33+,34+,36+,39-,40-,41-,42+/m1/s1. The van der Waals surface area contributed by atoms with Crippen molar-refractivity contribution < 1.29 is 33.6 Å². The number of carbonyl (C=O) groups excluding carboxylic acids is 2. The first-order valence-corrected chi connectivity index (χ1v) is 20.8. The summed E-state index contributed by atoms with van der Waals surface area (Å²) in [6.07, 6.45) is 9.49. The molecule has 5 saturated carbocycles. The monoisotopic (exact) mass is 713 g/mol. The van der Waals surface area contributed by atoms with Gasteiger partial charge in [0.1, 0.15) is 6.10 Å². The molecule has 0 radical (unpaired) electrons. The van der Waals surface area contributed by atoms with Gasteiger partial charge in [0.25, 0.3) is 0 Å². The summed E-state index contributed by atoms with van der Waals surface area (Å²) in [5.74, 6) is 1.11. The Morgan fingerprint density at radius 2 is 1.67 bits per heavy atom. The zero-order chi connectivity index (χ0) is 36.4. The Labute approximate surface area is 307 Å². The lowest BCUT2D eigenvalue weighted by Gasteiger charge is -2.62. The number of ketones is 1. The number of hydrogen-bond acceptors (Lipinski definition) is 9. The fourth-order valence-electron chi connectivity index (χ4n) is 14.7. The molecular formula is C42H68N2O7. The SMILES string of the molecule is CC(=O)O[C@@H]([C@H]1C[C@@H](C)[C@H]2[C@H](O1)C(=O)[C@@]1(C)[C@@H]3CC[C@H]4C(C)(C)[C@@H](O[C@H]5CN(CCN6CCCC6)CCO5)CC[C@@]45C[C@@]35CC[C@]21C)C(C)(C)O. The van der Waals surface area contributed by atoms with E-state index in [9.17, 15) is 9.90 Å². The quantitative estimate of drug-likeness (QED) is 0.311. The van der Waals surface area contributed by atoms with E-state index in [1.54, 1.807) is 13.8 Å². The molecular weight excluding hydrogens is 644 g/mol. The highest BCUT2D eigenvalue weighted by Crippen LogP contribution is 2.89. The van der Waals surface area contributed by atoms with E-state index in [-0.39, 0.29) is 51.7 Å². The fraction of sp³-hybridized carbons (Fsp3) is 0.952. The predicted octanol–water partition coefficient (Wildman–Crippen LogP) is 5.85. The molecule has 0 aromatic carbocycles. The Morgan fingerprint density at radius 1 is 0.980 bits per heavy atom. The van der Waals surface area contributed by atoms with Crippen LogP contribution in [0.15, 0.2) is 0 Å². The zero-order valence-electron chi connectivity index (χ0n) is 33.0. The molecule has 2 spiro atoms. The van der Waals surface area contributed by atoms with Gasteiger partial charge in [-0.1, -0.05) is 34.6 Å². The van der Waals surface area contributed by atoms with Crippen molar-refractivity contribution in [3.63, 3.8) is 0 Å². The second-order valence-corrected chi connectivity index (χ2v) is 20.3. The van der Waals surface area contributed by atoms with E-state index < -0.39 is 35.3 Å². The largest absolute Gasteiger partial charge is 0.457 e. The molecule has 0 unspecified atom stereocenters. The summed E-state index contributed by atoms with van der Waals surface area (Å²) in [5.41, 5.74) is -1.36. The van der Waals surface area contributed by atoms with Crippen LogP contribution in [0.4, 0.5) is 0 Å². The van der Waals surface area contributed by atoms with Crippen LogP contribution in [0.3, 0.4) is 0 Å². The lowest BCUT2D eigenvalue weighted by Crippen LogP contribution is -2.60. The molecule has 8 aliphatic rings. The molecule has 0 amide bonds.